The number of hydrogen-bond acceptors (Lipinski definition) is 3. The van der Waals surface area contributed by atoms with Crippen molar-refractivity contribution in [2.45, 2.75) is 77.7 Å². The second-order valence-electron chi connectivity index (χ2n) is 8.15. The molecule has 0 aliphatic rings. The zero-order valence-corrected chi connectivity index (χ0v) is 19.1. The van der Waals surface area contributed by atoms with Crippen LogP contribution in [0.5, 0.6) is 0 Å². The Bertz CT molecular complexity index is 958. The number of alkyl halides is 24. The summed E-state index contributed by atoms with van der Waals surface area (Å²) in [6.45, 7) is -6.64. The van der Waals surface area contributed by atoms with Gasteiger partial charge in [-0.1, -0.05) is 0 Å². The van der Waals surface area contributed by atoms with Crippen LogP contribution in [0.15, 0.2) is 0 Å². The van der Waals surface area contributed by atoms with Gasteiger partial charge in [0.05, 0.1) is 13.2 Å². The molecule has 3 nitrogen and oxygen atoms in total. The van der Waals surface area contributed by atoms with Crippen LogP contribution in [0.2, 0.25) is 0 Å². The molecule has 27 heteroatoms. The van der Waals surface area contributed by atoms with Crippen LogP contribution < -0.4 is 0 Å². The topological polar surface area (TPSA) is 49.7 Å². The average Bonchev–Trinajstić information content (AvgIpc) is 2.82. The molecule has 0 rings (SSSR count). The summed E-state index contributed by atoms with van der Waals surface area (Å²) in [4.78, 5) is 0. The van der Waals surface area contributed by atoms with E-state index >= 15 is 0 Å². The number of rotatable bonds is 16. The molecule has 0 spiro atoms. The van der Waals surface area contributed by atoms with Crippen LogP contribution >= 0.6 is 0 Å². The molecule has 43 heavy (non-hydrogen) atoms. The molecule has 0 heterocycles. The molecule has 0 bridgehead atoms. The van der Waals surface area contributed by atoms with Crippen molar-refractivity contribution in [3.8, 4) is 0 Å². The Morgan fingerprint density at radius 3 is 0.953 bits per heavy atom. The second-order valence-corrected chi connectivity index (χ2v) is 8.15. The van der Waals surface area contributed by atoms with Gasteiger partial charge >= 0.3 is 71.6 Å². The lowest BCUT2D eigenvalue weighted by atomic mass is 9.84. The maximum atomic E-state index is 13.7. The van der Waals surface area contributed by atoms with Crippen LogP contribution in [-0.4, -0.2) is 108 Å². The predicted octanol–water partition coefficient (Wildman–Crippen LogP) is 6.61. The summed E-state index contributed by atoms with van der Waals surface area (Å²) in [6.07, 6.45) is -8.60. The van der Waals surface area contributed by atoms with Crippen LogP contribution in [-0.2, 0) is 4.74 Å². The first kappa shape index (κ1) is 41.2. The van der Waals surface area contributed by atoms with Crippen molar-refractivity contribution < 1.29 is 120 Å². The van der Waals surface area contributed by atoms with E-state index in [4.69, 9.17) is 10.2 Å². The molecule has 0 aromatic heterocycles. The average molecular weight is 706 g/mol. The maximum Gasteiger partial charge on any atom is 0.385 e. The summed E-state index contributed by atoms with van der Waals surface area (Å²) in [5, 5.41) is 17.0. The van der Waals surface area contributed by atoms with E-state index in [9.17, 15) is 105 Å². The van der Waals surface area contributed by atoms with Crippen molar-refractivity contribution in [2.24, 2.45) is 0 Å². The summed E-state index contributed by atoms with van der Waals surface area (Å²) < 4.78 is 324. The Hall–Kier alpha value is -1.80. The normalized spacial score (nSPS) is 17.1. The van der Waals surface area contributed by atoms with Crippen LogP contribution in [0.4, 0.5) is 105 Å². The predicted molar refractivity (Wildman–Crippen MR) is 84.3 cm³/mol. The fourth-order valence-corrected chi connectivity index (χ4v) is 2.42. The minimum Gasteiger partial charge on any atom is -0.394 e. The van der Waals surface area contributed by atoms with Gasteiger partial charge in [0.2, 0.25) is 0 Å². The van der Waals surface area contributed by atoms with Crippen molar-refractivity contribution in [1.82, 2.24) is 0 Å². The van der Waals surface area contributed by atoms with Gasteiger partial charge in [-0.05, 0) is 0 Å². The van der Waals surface area contributed by atoms with Gasteiger partial charge in [-0.2, -0.15) is 96.6 Å². The Morgan fingerprint density at radius 2 is 0.698 bits per heavy atom. The van der Waals surface area contributed by atoms with Gasteiger partial charge in [-0.3, -0.25) is 0 Å². The standard InChI is InChI=1S/C16H10F24O3/c17-5(18)7(21,22)9(25,26)11(29,30)13(33,34)15(37,38)16(39,40)14(35,36)12(31,32)10(27,28)8(23,24)6(19,20)3-43-2-4(42)1-41/h4-5,41-42H,1-3H2. The lowest BCUT2D eigenvalue weighted by molar-refractivity contribution is -0.476. The first-order valence-electron chi connectivity index (χ1n) is 9.70. The maximum absolute atomic E-state index is 13.7. The summed E-state index contributed by atoms with van der Waals surface area (Å²) >= 11 is 0. The molecule has 0 saturated heterocycles. The van der Waals surface area contributed by atoms with Gasteiger partial charge in [0.1, 0.15) is 12.7 Å². The van der Waals surface area contributed by atoms with Crippen molar-refractivity contribution in [3.63, 3.8) is 0 Å². The van der Waals surface area contributed by atoms with E-state index in [1.165, 1.54) is 0 Å². The minimum atomic E-state index is -9.52. The van der Waals surface area contributed by atoms with Gasteiger partial charge in [0, 0.05) is 0 Å². The van der Waals surface area contributed by atoms with Crippen LogP contribution in [0, 0.1) is 0 Å². The molecule has 0 saturated carbocycles. The van der Waals surface area contributed by atoms with Gasteiger partial charge < -0.3 is 14.9 Å². The van der Waals surface area contributed by atoms with Crippen molar-refractivity contribution in [1.29, 1.82) is 0 Å². The Balaban J connectivity index is 7.05. The Kier molecular flexibility index (Phi) is 10.8. The van der Waals surface area contributed by atoms with E-state index in [0.717, 1.165) is 0 Å². The van der Waals surface area contributed by atoms with E-state index in [1.807, 2.05) is 0 Å². The number of hydrogen-bond donors (Lipinski definition) is 2. The van der Waals surface area contributed by atoms with Gasteiger partial charge in [-0.15, -0.1) is 0 Å². The molecule has 0 fully saturated rings. The molecule has 0 aliphatic heterocycles. The minimum absolute atomic E-state index is 1.47. The third-order valence-electron chi connectivity index (χ3n) is 5.11. The highest BCUT2D eigenvalue weighted by Gasteiger charge is 2.98. The third kappa shape index (κ3) is 5.51. The quantitative estimate of drug-likeness (QED) is 0.178. The molecule has 0 aromatic carbocycles. The lowest BCUT2D eigenvalue weighted by Crippen LogP contribution is -2.78. The molecular weight excluding hydrogens is 696 g/mol. The second kappa shape index (κ2) is 11.2. The SMILES string of the molecule is OCC(O)COCC(F)(F)C(F)(F)C(F)(F)C(F)(F)C(F)(F)C(F)(F)C(F)(F)C(F)(F)C(F)(F)C(F)(F)C(F)(F)C(F)F. The van der Waals surface area contributed by atoms with Crippen molar-refractivity contribution in [2.75, 3.05) is 19.8 Å². The highest BCUT2D eigenvalue weighted by Crippen LogP contribution is 2.67. The molecule has 0 radical (unpaired) electrons. The van der Waals surface area contributed by atoms with Gasteiger partial charge in [-0.25, -0.2) is 8.78 Å². The van der Waals surface area contributed by atoms with Crippen LogP contribution in [0.1, 0.15) is 0 Å². The van der Waals surface area contributed by atoms with E-state index in [2.05, 4.69) is 4.74 Å². The molecular formula is C16H10F24O3. The third-order valence-corrected chi connectivity index (χ3v) is 5.11. The molecule has 1 atom stereocenters. The molecule has 0 aromatic rings. The number of aliphatic hydroxyl groups is 2. The summed E-state index contributed by atoms with van der Waals surface area (Å²) in [5.41, 5.74) is 0. The molecule has 2 N–H and O–H groups in total. The monoisotopic (exact) mass is 706 g/mol. The van der Waals surface area contributed by atoms with E-state index in [0.29, 0.717) is 0 Å². The highest BCUT2D eigenvalue weighted by molar-refractivity contribution is 5.19. The molecule has 260 valence electrons. The summed E-state index contributed by atoms with van der Waals surface area (Å²) in [7, 11) is 0. The number of ether oxygens (including phenoxy) is 1. The Labute approximate surface area is 219 Å². The number of aliphatic hydroxyl groups excluding tert-OH is 2. The largest absolute Gasteiger partial charge is 0.394 e. The lowest BCUT2D eigenvalue weighted by Gasteiger charge is -2.45. The first-order valence-corrected chi connectivity index (χ1v) is 9.70. The summed E-state index contributed by atoms with van der Waals surface area (Å²) in [6, 6.07) is 0. The fraction of sp³-hybridized carbons (Fsp3) is 1.00. The van der Waals surface area contributed by atoms with E-state index in [-0.39, 0.29) is 0 Å². The smallest absolute Gasteiger partial charge is 0.385 e. The zero-order valence-electron chi connectivity index (χ0n) is 19.1. The van der Waals surface area contributed by atoms with E-state index < -0.39 is 97.5 Å². The molecule has 0 aliphatic carbocycles. The number of halogens is 24. The van der Waals surface area contributed by atoms with Crippen LogP contribution in [0.25, 0.3) is 0 Å². The van der Waals surface area contributed by atoms with Crippen LogP contribution in [0.3, 0.4) is 0 Å². The van der Waals surface area contributed by atoms with Gasteiger partial charge in [0.25, 0.3) is 0 Å². The first-order chi connectivity index (χ1) is 18.4. The summed E-state index contributed by atoms with van der Waals surface area (Å²) in [5.74, 6) is -97.0. The fourth-order valence-electron chi connectivity index (χ4n) is 2.42. The molecule has 0 amide bonds. The van der Waals surface area contributed by atoms with Crippen molar-refractivity contribution in [3.05, 3.63) is 0 Å². The molecule has 1 unspecified atom stereocenters. The van der Waals surface area contributed by atoms with Crippen molar-refractivity contribution >= 4 is 0 Å². The zero-order chi connectivity index (χ0) is 35.5. The highest BCUT2D eigenvalue weighted by atomic mass is 19.4. The van der Waals surface area contributed by atoms with E-state index in [1.54, 1.807) is 0 Å². The Morgan fingerprint density at radius 1 is 0.442 bits per heavy atom. The van der Waals surface area contributed by atoms with Gasteiger partial charge in [0.15, 0.2) is 0 Å².